The summed E-state index contributed by atoms with van der Waals surface area (Å²) in [7, 11) is 0. The van der Waals surface area contributed by atoms with Crippen LogP contribution in [-0.2, 0) is 0 Å². The molecule has 2 N–H and O–H groups in total. The van der Waals surface area contributed by atoms with Crippen molar-refractivity contribution >= 4 is 11.8 Å². The van der Waals surface area contributed by atoms with Gasteiger partial charge in [-0.15, -0.1) is 0 Å². The third-order valence-corrected chi connectivity index (χ3v) is 5.51. The Balaban J connectivity index is 2.12. The predicted octanol–water partition coefficient (Wildman–Crippen LogP) is 4.55. The van der Waals surface area contributed by atoms with Crippen molar-refractivity contribution in [3.63, 3.8) is 0 Å². The van der Waals surface area contributed by atoms with Crippen molar-refractivity contribution in [2.45, 2.75) is 36.6 Å². The molecule has 3 rings (SSSR count). The van der Waals surface area contributed by atoms with Crippen LogP contribution in [0.3, 0.4) is 0 Å². The third kappa shape index (κ3) is 3.99. The number of nitrogens with one attached hydrogen (secondary N) is 1. The molecule has 1 unspecified atom stereocenters. The molecule has 2 aromatic carbocycles. The van der Waals surface area contributed by atoms with Crippen molar-refractivity contribution in [2.75, 3.05) is 0 Å². The van der Waals surface area contributed by atoms with Crippen LogP contribution in [0.25, 0.3) is 0 Å². The molecule has 3 aromatic rings. The van der Waals surface area contributed by atoms with Gasteiger partial charge in [-0.05, 0) is 17.5 Å². The predicted molar refractivity (Wildman–Crippen MR) is 106 cm³/mol. The smallest absolute Gasteiger partial charge is 0.259 e. The quantitative estimate of drug-likeness (QED) is 0.496. The molecule has 134 valence electrons. The minimum atomic E-state index is -0.378. The molecule has 0 bridgehead atoms. The molecule has 0 aliphatic carbocycles. The van der Waals surface area contributed by atoms with Crippen LogP contribution in [0.15, 0.2) is 70.6 Å². The summed E-state index contributed by atoms with van der Waals surface area (Å²) in [6.45, 7) is 4.14. The lowest BCUT2D eigenvalue weighted by Gasteiger charge is -2.19. The molecule has 26 heavy (non-hydrogen) atoms. The molecule has 1 aromatic heterocycles. The fourth-order valence-corrected chi connectivity index (χ4v) is 3.70. The summed E-state index contributed by atoms with van der Waals surface area (Å²) in [5, 5.41) is 11.4. The molecule has 0 radical (unpaired) electrons. The highest BCUT2D eigenvalue weighted by Gasteiger charge is 2.25. The molecule has 0 aliphatic rings. The number of aromatic amines is 1. The van der Waals surface area contributed by atoms with Crippen molar-refractivity contribution in [1.82, 2.24) is 9.97 Å². The normalized spacial score (nSPS) is 12.3. The van der Waals surface area contributed by atoms with Gasteiger partial charge in [0.15, 0.2) is 5.16 Å². The molecular formula is C21H22N2O2S. The molecule has 0 aliphatic heterocycles. The monoisotopic (exact) mass is 366 g/mol. The summed E-state index contributed by atoms with van der Waals surface area (Å²) < 4.78 is 0. The number of H-pyrrole nitrogens is 1. The number of nitrogens with zero attached hydrogens (tertiary/aromatic N) is 1. The number of aromatic hydroxyl groups is 1. The fraction of sp³-hybridized carbons (Fsp3) is 0.238. The van der Waals surface area contributed by atoms with Gasteiger partial charge in [-0.2, -0.15) is 4.98 Å². The summed E-state index contributed by atoms with van der Waals surface area (Å²) in [4.78, 5) is 19.9. The zero-order chi connectivity index (χ0) is 18.5. The maximum absolute atomic E-state index is 12.8. The summed E-state index contributed by atoms with van der Waals surface area (Å²) in [5.74, 6) is -0.589. The molecule has 0 saturated heterocycles. The summed E-state index contributed by atoms with van der Waals surface area (Å²) >= 11 is 1.46. The Morgan fingerprint density at radius 1 is 1.04 bits per heavy atom. The molecule has 4 nitrogen and oxygen atoms in total. The van der Waals surface area contributed by atoms with Crippen LogP contribution < -0.4 is 5.56 Å². The van der Waals surface area contributed by atoms with E-state index in [-0.39, 0.29) is 22.9 Å². The van der Waals surface area contributed by atoms with E-state index in [9.17, 15) is 9.90 Å². The topological polar surface area (TPSA) is 66.0 Å². The van der Waals surface area contributed by atoms with Gasteiger partial charge in [0.2, 0.25) is 5.88 Å². The molecule has 0 saturated carbocycles. The number of rotatable bonds is 6. The van der Waals surface area contributed by atoms with Gasteiger partial charge in [0.05, 0.1) is 5.56 Å². The zero-order valence-corrected chi connectivity index (χ0v) is 15.7. The zero-order valence-electron chi connectivity index (χ0n) is 14.8. The van der Waals surface area contributed by atoms with Crippen LogP contribution >= 0.6 is 11.8 Å². The lowest BCUT2D eigenvalue weighted by Crippen LogP contribution is -2.20. The van der Waals surface area contributed by atoms with Gasteiger partial charge in [-0.3, -0.25) is 4.79 Å². The molecule has 0 spiro atoms. The van der Waals surface area contributed by atoms with E-state index >= 15 is 0 Å². The van der Waals surface area contributed by atoms with Crippen molar-refractivity contribution in [3.05, 3.63) is 87.7 Å². The van der Waals surface area contributed by atoms with Crippen LogP contribution in [0.1, 0.15) is 42.9 Å². The maximum Gasteiger partial charge on any atom is 0.259 e. The summed E-state index contributed by atoms with van der Waals surface area (Å²) in [5.41, 5.74) is 1.84. The van der Waals surface area contributed by atoms with E-state index < -0.39 is 0 Å². The number of thioether (sulfide) groups is 1. The van der Waals surface area contributed by atoms with Crippen LogP contribution in [0.2, 0.25) is 0 Å². The van der Waals surface area contributed by atoms with E-state index in [0.717, 1.165) is 17.5 Å². The first-order chi connectivity index (χ1) is 12.6. The Morgan fingerprint density at radius 3 is 2.04 bits per heavy atom. The van der Waals surface area contributed by atoms with Gasteiger partial charge in [-0.1, -0.05) is 86.3 Å². The Morgan fingerprint density at radius 2 is 1.58 bits per heavy atom. The van der Waals surface area contributed by atoms with E-state index in [4.69, 9.17) is 0 Å². The first kappa shape index (κ1) is 18.3. The number of aromatic nitrogens is 2. The molecule has 0 amide bonds. The second-order valence-electron chi connectivity index (χ2n) is 6.20. The fourth-order valence-electron chi connectivity index (χ4n) is 2.86. The van der Waals surface area contributed by atoms with Crippen LogP contribution in [-0.4, -0.2) is 20.3 Å². The highest BCUT2D eigenvalue weighted by molar-refractivity contribution is 7.99. The van der Waals surface area contributed by atoms with Gasteiger partial charge in [0.1, 0.15) is 0 Å². The SMILES string of the molecule is CCC(C)Sc1nc(O)c(C(c2ccccc2)c2ccccc2)c(=O)[nH]1. The Kier molecular flexibility index (Phi) is 5.78. The molecular weight excluding hydrogens is 344 g/mol. The minimum Gasteiger partial charge on any atom is -0.493 e. The highest BCUT2D eigenvalue weighted by atomic mass is 32.2. The molecule has 1 heterocycles. The molecule has 0 fully saturated rings. The highest BCUT2D eigenvalue weighted by Crippen LogP contribution is 2.34. The maximum atomic E-state index is 12.8. The number of benzene rings is 2. The van der Waals surface area contributed by atoms with Crippen molar-refractivity contribution in [1.29, 1.82) is 0 Å². The van der Waals surface area contributed by atoms with Crippen molar-refractivity contribution < 1.29 is 5.11 Å². The van der Waals surface area contributed by atoms with Crippen LogP contribution in [0.4, 0.5) is 0 Å². The minimum absolute atomic E-state index is 0.211. The van der Waals surface area contributed by atoms with Gasteiger partial charge >= 0.3 is 0 Å². The lowest BCUT2D eigenvalue weighted by molar-refractivity contribution is 0.434. The van der Waals surface area contributed by atoms with Crippen molar-refractivity contribution in [3.8, 4) is 5.88 Å². The standard InChI is InChI=1S/C21H22N2O2S/c1-3-14(2)26-21-22-19(24)18(20(25)23-21)17(15-10-6-4-7-11-15)16-12-8-5-9-13-16/h4-14,17H,3H2,1-2H3,(H2,22,23,24,25). The molecule has 5 heteroatoms. The van der Waals surface area contributed by atoms with E-state index in [0.29, 0.717) is 10.4 Å². The van der Waals surface area contributed by atoms with Gasteiger partial charge in [0.25, 0.3) is 5.56 Å². The second kappa shape index (κ2) is 8.23. The van der Waals surface area contributed by atoms with Gasteiger partial charge in [-0.25, -0.2) is 0 Å². The molecule has 1 atom stereocenters. The number of hydrogen-bond acceptors (Lipinski definition) is 4. The van der Waals surface area contributed by atoms with Crippen LogP contribution in [0.5, 0.6) is 5.88 Å². The first-order valence-electron chi connectivity index (χ1n) is 8.69. The van der Waals surface area contributed by atoms with Crippen LogP contribution in [0, 0.1) is 0 Å². The Labute approximate surface area is 157 Å². The summed E-state index contributed by atoms with van der Waals surface area (Å²) in [6, 6.07) is 19.4. The summed E-state index contributed by atoms with van der Waals surface area (Å²) in [6.07, 6.45) is 0.952. The first-order valence-corrected chi connectivity index (χ1v) is 9.57. The Bertz CT molecular complexity index is 871. The van der Waals surface area contributed by atoms with E-state index in [1.165, 1.54) is 11.8 Å². The van der Waals surface area contributed by atoms with E-state index in [1.54, 1.807) is 0 Å². The van der Waals surface area contributed by atoms with E-state index in [2.05, 4.69) is 23.8 Å². The van der Waals surface area contributed by atoms with E-state index in [1.807, 2.05) is 60.7 Å². The van der Waals surface area contributed by atoms with Gasteiger partial charge in [0, 0.05) is 11.2 Å². The largest absolute Gasteiger partial charge is 0.493 e. The average Bonchev–Trinajstić information content (AvgIpc) is 2.66. The second-order valence-corrected chi connectivity index (χ2v) is 7.63. The average molecular weight is 366 g/mol. The van der Waals surface area contributed by atoms with Crippen molar-refractivity contribution in [2.24, 2.45) is 0 Å². The Hall–Kier alpha value is -2.53. The number of hydrogen-bond donors (Lipinski definition) is 2. The van der Waals surface area contributed by atoms with Gasteiger partial charge < -0.3 is 10.1 Å². The third-order valence-electron chi connectivity index (χ3n) is 4.36. The lowest BCUT2D eigenvalue weighted by atomic mass is 9.86.